The molecule has 1 aliphatic heterocycles. The first-order valence-electron chi connectivity index (χ1n) is 10.9. The summed E-state index contributed by atoms with van der Waals surface area (Å²) in [4.78, 5) is 3.66. The zero-order valence-electron chi connectivity index (χ0n) is 18.1. The minimum atomic E-state index is 0.115. The standard InChI is InChI=1S/C27H28N2O2/c1-18-8-10-23-22(16-18)21-12-14-28-26(27(21)29-23)20-9-11-24(25(17-20)30-2)31-15-13-19-6-4-3-5-7-19/h3-11,16-17,26,28-29H,12-15H2,1-2H3. The average molecular weight is 413 g/mol. The van der Waals surface area contributed by atoms with Crippen LogP contribution in [-0.2, 0) is 12.8 Å². The lowest BCUT2D eigenvalue weighted by molar-refractivity contribution is 0.297. The van der Waals surface area contributed by atoms with E-state index in [0.29, 0.717) is 6.61 Å². The first-order chi connectivity index (χ1) is 15.2. The highest BCUT2D eigenvalue weighted by atomic mass is 16.5. The van der Waals surface area contributed by atoms with E-state index in [2.05, 4.69) is 71.8 Å². The Balaban J connectivity index is 1.39. The number of H-pyrrole nitrogens is 1. The Morgan fingerprint density at radius 3 is 2.68 bits per heavy atom. The first-order valence-corrected chi connectivity index (χ1v) is 10.9. The van der Waals surface area contributed by atoms with Gasteiger partial charge in [-0.15, -0.1) is 0 Å². The molecule has 4 aromatic rings. The van der Waals surface area contributed by atoms with Crippen LogP contribution in [0, 0.1) is 6.92 Å². The maximum atomic E-state index is 6.05. The number of benzene rings is 3. The number of hydrogen-bond acceptors (Lipinski definition) is 3. The molecule has 0 radical (unpaired) electrons. The van der Waals surface area contributed by atoms with Crippen molar-refractivity contribution in [3.05, 3.63) is 94.7 Å². The van der Waals surface area contributed by atoms with Crippen LogP contribution in [0.4, 0.5) is 0 Å². The van der Waals surface area contributed by atoms with E-state index in [1.165, 1.54) is 38.9 Å². The van der Waals surface area contributed by atoms with Crippen molar-refractivity contribution in [1.29, 1.82) is 0 Å². The van der Waals surface area contributed by atoms with Crippen LogP contribution < -0.4 is 14.8 Å². The summed E-state index contributed by atoms with van der Waals surface area (Å²) in [6.07, 6.45) is 1.90. The minimum Gasteiger partial charge on any atom is -0.493 e. The molecule has 0 fully saturated rings. The summed E-state index contributed by atoms with van der Waals surface area (Å²) in [5.74, 6) is 1.55. The van der Waals surface area contributed by atoms with E-state index >= 15 is 0 Å². The Labute approximate surface area is 183 Å². The Hall–Kier alpha value is -3.24. The zero-order chi connectivity index (χ0) is 21.2. The van der Waals surface area contributed by atoms with Crippen molar-refractivity contribution >= 4 is 10.9 Å². The Bertz CT molecular complexity index is 1200. The molecule has 1 atom stereocenters. The molecule has 158 valence electrons. The van der Waals surface area contributed by atoms with Crippen LogP contribution in [-0.4, -0.2) is 25.2 Å². The average Bonchev–Trinajstić information content (AvgIpc) is 3.18. The molecule has 0 spiro atoms. The summed E-state index contributed by atoms with van der Waals surface area (Å²) >= 11 is 0. The second kappa shape index (κ2) is 8.48. The van der Waals surface area contributed by atoms with E-state index in [-0.39, 0.29) is 6.04 Å². The SMILES string of the molecule is COc1cc(C2NCCc3c2[nH]c2ccc(C)cc32)ccc1OCCc1ccccc1. The van der Waals surface area contributed by atoms with Crippen LogP contribution in [0.1, 0.15) is 34.0 Å². The maximum absolute atomic E-state index is 6.05. The quantitative estimate of drug-likeness (QED) is 0.449. The van der Waals surface area contributed by atoms with Crippen molar-refractivity contribution < 1.29 is 9.47 Å². The molecule has 5 rings (SSSR count). The minimum absolute atomic E-state index is 0.115. The van der Waals surface area contributed by atoms with Crippen molar-refractivity contribution in [2.45, 2.75) is 25.8 Å². The van der Waals surface area contributed by atoms with Gasteiger partial charge in [0.1, 0.15) is 0 Å². The number of hydrogen-bond donors (Lipinski definition) is 2. The second-order valence-corrected chi connectivity index (χ2v) is 8.20. The lowest BCUT2D eigenvalue weighted by atomic mass is 9.94. The van der Waals surface area contributed by atoms with Gasteiger partial charge in [0.15, 0.2) is 11.5 Å². The molecule has 0 amide bonds. The summed E-state index contributed by atoms with van der Waals surface area (Å²) in [6, 6.07) is 23.4. The van der Waals surface area contributed by atoms with Crippen molar-refractivity contribution in [1.82, 2.24) is 10.3 Å². The molecule has 3 aromatic carbocycles. The number of aromatic nitrogens is 1. The van der Waals surface area contributed by atoms with Crippen LogP contribution in [0.2, 0.25) is 0 Å². The third-order valence-corrected chi connectivity index (χ3v) is 6.12. The number of aromatic amines is 1. The highest BCUT2D eigenvalue weighted by Gasteiger charge is 2.26. The molecule has 2 heterocycles. The molecule has 4 heteroatoms. The predicted molar refractivity (Wildman–Crippen MR) is 125 cm³/mol. The van der Waals surface area contributed by atoms with Gasteiger partial charge < -0.3 is 19.8 Å². The van der Waals surface area contributed by atoms with E-state index in [1.54, 1.807) is 7.11 Å². The smallest absolute Gasteiger partial charge is 0.161 e. The zero-order valence-corrected chi connectivity index (χ0v) is 18.1. The lowest BCUT2D eigenvalue weighted by Gasteiger charge is -2.25. The van der Waals surface area contributed by atoms with Crippen molar-refractivity contribution in [2.75, 3.05) is 20.3 Å². The van der Waals surface area contributed by atoms with E-state index in [9.17, 15) is 0 Å². The van der Waals surface area contributed by atoms with Crippen LogP contribution in [0.5, 0.6) is 11.5 Å². The summed E-state index contributed by atoms with van der Waals surface area (Å²) in [7, 11) is 1.70. The van der Waals surface area contributed by atoms with Gasteiger partial charge in [-0.2, -0.15) is 0 Å². The molecule has 0 saturated heterocycles. The maximum Gasteiger partial charge on any atom is 0.161 e. The lowest BCUT2D eigenvalue weighted by Crippen LogP contribution is -2.30. The Kier molecular flexibility index (Phi) is 5.39. The summed E-state index contributed by atoms with van der Waals surface area (Å²) in [5, 5.41) is 5.02. The number of methoxy groups -OCH3 is 1. The summed E-state index contributed by atoms with van der Waals surface area (Å²) in [5.41, 5.74) is 7.62. The van der Waals surface area contributed by atoms with E-state index < -0.39 is 0 Å². The molecule has 4 nitrogen and oxygen atoms in total. The molecule has 31 heavy (non-hydrogen) atoms. The number of ether oxygens (including phenoxy) is 2. The Morgan fingerprint density at radius 2 is 1.84 bits per heavy atom. The highest BCUT2D eigenvalue weighted by Crippen LogP contribution is 2.37. The van der Waals surface area contributed by atoms with E-state index in [0.717, 1.165) is 30.9 Å². The molecule has 1 unspecified atom stereocenters. The number of fused-ring (bicyclic) bond motifs is 3. The summed E-state index contributed by atoms with van der Waals surface area (Å²) < 4.78 is 11.7. The van der Waals surface area contributed by atoms with Gasteiger partial charge in [0.2, 0.25) is 0 Å². The number of aryl methyl sites for hydroxylation is 1. The van der Waals surface area contributed by atoms with Gasteiger partial charge in [0.05, 0.1) is 19.8 Å². The highest BCUT2D eigenvalue weighted by molar-refractivity contribution is 5.86. The summed E-state index contributed by atoms with van der Waals surface area (Å²) in [6.45, 7) is 3.72. The van der Waals surface area contributed by atoms with Crippen molar-refractivity contribution in [3.63, 3.8) is 0 Å². The third-order valence-electron chi connectivity index (χ3n) is 6.12. The van der Waals surface area contributed by atoms with Crippen LogP contribution in [0.15, 0.2) is 66.7 Å². The molecule has 1 aromatic heterocycles. The number of rotatable bonds is 6. The first kappa shape index (κ1) is 19.7. The third kappa shape index (κ3) is 3.91. The molecule has 1 aliphatic rings. The van der Waals surface area contributed by atoms with Gasteiger partial charge in [-0.05, 0) is 54.3 Å². The molecule has 2 N–H and O–H groups in total. The van der Waals surface area contributed by atoms with Crippen molar-refractivity contribution in [2.24, 2.45) is 0 Å². The fourth-order valence-corrected chi connectivity index (χ4v) is 4.53. The van der Waals surface area contributed by atoms with Crippen LogP contribution >= 0.6 is 0 Å². The number of nitrogens with one attached hydrogen (secondary N) is 2. The van der Waals surface area contributed by atoms with Gasteiger partial charge in [-0.25, -0.2) is 0 Å². The molecule has 0 bridgehead atoms. The fourth-order valence-electron chi connectivity index (χ4n) is 4.53. The van der Waals surface area contributed by atoms with Crippen molar-refractivity contribution in [3.8, 4) is 11.5 Å². The van der Waals surface area contributed by atoms with Gasteiger partial charge in [-0.3, -0.25) is 0 Å². The monoisotopic (exact) mass is 412 g/mol. The van der Waals surface area contributed by atoms with Crippen LogP contribution in [0.25, 0.3) is 10.9 Å². The normalized spacial score (nSPS) is 15.6. The molecule has 0 aliphatic carbocycles. The van der Waals surface area contributed by atoms with E-state index in [4.69, 9.17) is 9.47 Å². The van der Waals surface area contributed by atoms with Gasteiger partial charge in [0, 0.05) is 29.6 Å². The van der Waals surface area contributed by atoms with Crippen LogP contribution in [0.3, 0.4) is 0 Å². The molecular weight excluding hydrogens is 384 g/mol. The van der Waals surface area contributed by atoms with Gasteiger partial charge in [-0.1, -0.05) is 48.0 Å². The fraction of sp³-hybridized carbons (Fsp3) is 0.259. The molecular formula is C27H28N2O2. The topological polar surface area (TPSA) is 46.3 Å². The predicted octanol–water partition coefficient (Wildman–Crippen LogP) is 5.34. The van der Waals surface area contributed by atoms with Gasteiger partial charge >= 0.3 is 0 Å². The second-order valence-electron chi connectivity index (χ2n) is 8.20. The Morgan fingerprint density at radius 1 is 0.968 bits per heavy atom. The molecule has 0 saturated carbocycles. The largest absolute Gasteiger partial charge is 0.493 e. The van der Waals surface area contributed by atoms with E-state index in [1.807, 2.05) is 12.1 Å². The van der Waals surface area contributed by atoms with Gasteiger partial charge in [0.25, 0.3) is 0 Å².